The number of fused-ring (bicyclic) bond motifs is 1. The number of hydrogen-bond acceptors (Lipinski definition) is 7. The molecule has 3 aromatic carbocycles. The third kappa shape index (κ3) is 6.22. The highest BCUT2D eigenvalue weighted by Crippen LogP contribution is 2.43. The lowest BCUT2D eigenvalue weighted by molar-refractivity contribution is -0.139. The second-order valence-electron chi connectivity index (χ2n) is 9.83. The van der Waals surface area contributed by atoms with Gasteiger partial charge in [-0.3, -0.25) is 9.78 Å². The van der Waals surface area contributed by atoms with E-state index in [0.717, 1.165) is 35.4 Å². The number of nitrogens with two attached hydrogens (primary N) is 1. The van der Waals surface area contributed by atoms with Crippen LogP contribution in [0.25, 0.3) is 22.0 Å². The second-order valence-corrected chi connectivity index (χ2v) is 9.83. The van der Waals surface area contributed by atoms with Crippen LogP contribution in [-0.2, 0) is 17.6 Å². The first-order chi connectivity index (χ1) is 19.7. The van der Waals surface area contributed by atoms with Gasteiger partial charge in [0.25, 0.3) is 5.91 Å². The van der Waals surface area contributed by atoms with E-state index >= 15 is 0 Å². The van der Waals surface area contributed by atoms with Crippen molar-refractivity contribution in [3.8, 4) is 22.8 Å². The lowest BCUT2D eigenvalue weighted by Gasteiger charge is -2.20. The van der Waals surface area contributed by atoms with Gasteiger partial charge in [-0.15, -0.1) is 0 Å². The molecule has 4 aromatic rings. The number of halogens is 1. The van der Waals surface area contributed by atoms with E-state index in [2.05, 4.69) is 15.2 Å². The van der Waals surface area contributed by atoms with Crippen LogP contribution >= 0.6 is 0 Å². The largest absolute Gasteiger partial charge is 0.496 e. The highest BCUT2D eigenvalue weighted by Gasteiger charge is 2.26. The molecule has 1 aromatic heterocycles. The first kappa shape index (κ1) is 29.3. The van der Waals surface area contributed by atoms with E-state index in [0.29, 0.717) is 28.3 Å². The summed E-state index contributed by atoms with van der Waals surface area (Å²) in [7, 11) is 7.19. The number of anilines is 1. The van der Waals surface area contributed by atoms with E-state index in [-0.39, 0.29) is 12.1 Å². The number of carbonyl (C=O) groups excluding carboxylic acids is 1. The number of carbonyl (C=O) groups is 2. The molecule has 214 valence electrons. The molecule has 0 aliphatic rings. The maximum absolute atomic E-state index is 14.3. The summed E-state index contributed by atoms with van der Waals surface area (Å²) in [6, 6.07) is 13.6. The summed E-state index contributed by atoms with van der Waals surface area (Å²) in [6.45, 7) is 0.816. The number of methoxy groups -OCH3 is 2. The normalized spacial score (nSPS) is 11.9. The predicted octanol–water partition coefficient (Wildman–Crippen LogP) is 4.17. The van der Waals surface area contributed by atoms with Crippen LogP contribution in [-0.4, -0.2) is 67.8 Å². The molecule has 0 saturated heterocycles. The van der Waals surface area contributed by atoms with E-state index in [1.807, 2.05) is 32.3 Å². The number of aromatic nitrogens is 1. The third-order valence-corrected chi connectivity index (χ3v) is 6.89. The Hall–Kier alpha value is -4.70. The van der Waals surface area contributed by atoms with E-state index in [4.69, 9.17) is 15.2 Å². The molecule has 0 bridgehead atoms. The summed E-state index contributed by atoms with van der Waals surface area (Å²) < 4.78 is 25.9. The Morgan fingerprint density at radius 2 is 1.78 bits per heavy atom. The Bertz CT molecular complexity index is 1570. The van der Waals surface area contributed by atoms with Crippen molar-refractivity contribution in [2.24, 2.45) is 0 Å². The van der Waals surface area contributed by atoms with Crippen molar-refractivity contribution in [1.29, 1.82) is 0 Å². The molecule has 0 spiro atoms. The number of amides is 1. The van der Waals surface area contributed by atoms with Crippen molar-refractivity contribution in [2.75, 3.05) is 40.6 Å². The monoisotopic (exact) mass is 560 g/mol. The van der Waals surface area contributed by atoms with Gasteiger partial charge in [-0.05, 0) is 61.3 Å². The van der Waals surface area contributed by atoms with Crippen LogP contribution in [0.15, 0.2) is 60.8 Å². The second kappa shape index (κ2) is 12.6. The zero-order valence-corrected chi connectivity index (χ0v) is 23.4. The average molecular weight is 561 g/mol. The number of nitrogen functional groups attached to an aromatic ring is 1. The minimum absolute atomic E-state index is 0.0621. The number of likely N-dealkylation sites (N-methyl/N-ethyl adjacent to an activating group) is 1. The number of rotatable bonds is 11. The van der Waals surface area contributed by atoms with E-state index in [9.17, 15) is 19.1 Å². The number of carboxylic acids is 1. The Morgan fingerprint density at radius 3 is 2.44 bits per heavy atom. The van der Waals surface area contributed by atoms with Crippen molar-refractivity contribution < 1.29 is 28.6 Å². The molecule has 1 amide bonds. The minimum atomic E-state index is -1.35. The number of pyridine rings is 1. The Labute approximate surface area is 237 Å². The van der Waals surface area contributed by atoms with Crippen molar-refractivity contribution in [1.82, 2.24) is 15.2 Å². The van der Waals surface area contributed by atoms with Crippen LogP contribution in [0.2, 0.25) is 0 Å². The highest BCUT2D eigenvalue weighted by molar-refractivity contribution is 6.02. The predicted molar refractivity (Wildman–Crippen MR) is 156 cm³/mol. The minimum Gasteiger partial charge on any atom is -0.496 e. The van der Waals surface area contributed by atoms with E-state index in [1.165, 1.54) is 12.1 Å². The van der Waals surface area contributed by atoms with Gasteiger partial charge in [-0.1, -0.05) is 30.3 Å². The molecule has 9 nitrogen and oxygen atoms in total. The van der Waals surface area contributed by atoms with Crippen LogP contribution in [0.1, 0.15) is 21.5 Å². The van der Waals surface area contributed by atoms with Gasteiger partial charge in [-0.2, -0.15) is 0 Å². The fourth-order valence-electron chi connectivity index (χ4n) is 4.86. The van der Waals surface area contributed by atoms with Crippen LogP contribution < -0.4 is 20.5 Å². The number of nitrogens with one attached hydrogen (secondary N) is 1. The zero-order chi connectivity index (χ0) is 29.7. The molecule has 41 heavy (non-hydrogen) atoms. The molecular weight excluding hydrogens is 527 g/mol. The van der Waals surface area contributed by atoms with Crippen LogP contribution in [0.5, 0.6) is 11.5 Å². The topological polar surface area (TPSA) is 127 Å². The summed E-state index contributed by atoms with van der Waals surface area (Å²) in [5.41, 5.74) is 8.26. The fourth-order valence-corrected chi connectivity index (χ4v) is 4.86. The molecule has 0 radical (unpaired) electrons. The molecule has 0 aliphatic carbocycles. The van der Waals surface area contributed by atoms with Crippen molar-refractivity contribution in [3.05, 3.63) is 83.3 Å². The van der Waals surface area contributed by atoms with Crippen molar-refractivity contribution in [3.63, 3.8) is 0 Å². The van der Waals surface area contributed by atoms with Gasteiger partial charge >= 0.3 is 5.97 Å². The number of carboxylic acid groups (broad SMARTS) is 1. The Balaban J connectivity index is 1.77. The molecule has 1 heterocycles. The number of hydrogen-bond donors (Lipinski definition) is 3. The molecule has 0 saturated carbocycles. The fraction of sp³-hybridized carbons (Fsp3) is 0.258. The molecule has 0 unspecified atom stereocenters. The van der Waals surface area contributed by atoms with Crippen LogP contribution in [0, 0.1) is 5.82 Å². The third-order valence-electron chi connectivity index (χ3n) is 6.89. The zero-order valence-electron chi connectivity index (χ0n) is 23.4. The van der Waals surface area contributed by atoms with Crippen LogP contribution in [0.4, 0.5) is 10.1 Å². The first-order valence-electron chi connectivity index (χ1n) is 13.0. The van der Waals surface area contributed by atoms with Gasteiger partial charge in [0.2, 0.25) is 0 Å². The molecule has 10 heteroatoms. The Kier molecular flexibility index (Phi) is 9.04. The van der Waals surface area contributed by atoms with E-state index in [1.54, 1.807) is 38.6 Å². The van der Waals surface area contributed by atoms with Gasteiger partial charge in [0, 0.05) is 30.2 Å². The summed E-state index contributed by atoms with van der Waals surface area (Å²) >= 11 is 0. The summed E-state index contributed by atoms with van der Waals surface area (Å²) in [5, 5.41) is 13.9. The molecule has 4 N–H and O–H groups in total. The quantitative estimate of drug-likeness (QED) is 0.233. The standard InChI is InChI=1S/C31H33FN4O5/c1-36(2)16-14-18-11-12-25(40-3)27(29(18)41-4)28-21-8-5-7-19(20(21)13-15-34-28)17-24(31(38)39)35-30(37)26-22(32)9-6-10-23(26)33/h5-13,15,24H,14,16-17,33H2,1-4H3,(H,35,37)(H,38,39)/t24-/m0/s1. The molecular formula is C31H33FN4O5. The Morgan fingerprint density at radius 1 is 1.02 bits per heavy atom. The van der Waals surface area contributed by atoms with Crippen molar-refractivity contribution in [2.45, 2.75) is 18.9 Å². The molecule has 1 atom stereocenters. The average Bonchev–Trinajstić information content (AvgIpc) is 2.94. The molecule has 0 fully saturated rings. The molecule has 0 aliphatic heterocycles. The summed E-state index contributed by atoms with van der Waals surface area (Å²) in [5.74, 6) is -1.77. The first-order valence-corrected chi connectivity index (χ1v) is 13.0. The van der Waals surface area contributed by atoms with Crippen LogP contribution in [0.3, 0.4) is 0 Å². The van der Waals surface area contributed by atoms with Crippen molar-refractivity contribution >= 4 is 28.3 Å². The van der Waals surface area contributed by atoms with Gasteiger partial charge in [0.1, 0.15) is 23.4 Å². The smallest absolute Gasteiger partial charge is 0.326 e. The number of aliphatic carboxylic acids is 1. The van der Waals surface area contributed by atoms with Gasteiger partial charge in [0.15, 0.2) is 0 Å². The maximum atomic E-state index is 14.3. The van der Waals surface area contributed by atoms with Gasteiger partial charge in [-0.25, -0.2) is 9.18 Å². The highest BCUT2D eigenvalue weighted by atomic mass is 19.1. The number of nitrogens with zero attached hydrogens (tertiary/aromatic N) is 2. The number of ether oxygens (including phenoxy) is 2. The maximum Gasteiger partial charge on any atom is 0.326 e. The lowest BCUT2D eigenvalue weighted by atomic mass is 9.94. The van der Waals surface area contributed by atoms with Gasteiger partial charge < -0.3 is 30.5 Å². The molecule has 4 rings (SSSR count). The summed E-state index contributed by atoms with van der Waals surface area (Å²) in [6.07, 6.45) is 2.32. The SMILES string of the molecule is COc1ccc(CCN(C)C)c(OC)c1-c1nccc2c(C[C@H](NC(=O)c3c(N)cccc3F)C(=O)O)cccc12. The lowest BCUT2D eigenvalue weighted by Crippen LogP contribution is -2.42. The number of benzene rings is 3. The van der Waals surface area contributed by atoms with Gasteiger partial charge in [0.05, 0.1) is 31.0 Å². The summed E-state index contributed by atoms with van der Waals surface area (Å²) in [4.78, 5) is 31.8. The van der Waals surface area contributed by atoms with E-state index < -0.39 is 29.3 Å².